The van der Waals surface area contributed by atoms with Crippen molar-refractivity contribution in [3.8, 4) is 29.0 Å². The summed E-state index contributed by atoms with van der Waals surface area (Å²) in [7, 11) is 0. The molecule has 0 bridgehead atoms. The Bertz CT molecular complexity index is 2330. The molecule has 1 atom stereocenters. The molecule has 2 fully saturated rings. The van der Waals surface area contributed by atoms with E-state index in [2.05, 4.69) is 20.2 Å². The third kappa shape index (κ3) is 5.79. The van der Waals surface area contributed by atoms with E-state index in [4.69, 9.17) is 20.2 Å². The van der Waals surface area contributed by atoms with Gasteiger partial charge < -0.3 is 25.4 Å². The van der Waals surface area contributed by atoms with Gasteiger partial charge in [-0.05, 0) is 77.2 Å². The molecule has 0 spiro atoms. The van der Waals surface area contributed by atoms with Gasteiger partial charge in [0.05, 0.1) is 33.8 Å². The van der Waals surface area contributed by atoms with Gasteiger partial charge in [0, 0.05) is 28.8 Å². The smallest absolute Gasteiger partial charge is 0.420 e. The van der Waals surface area contributed by atoms with Crippen LogP contribution in [0.25, 0.3) is 32.1 Å². The van der Waals surface area contributed by atoms with Crippen LogP contribution in [-0.4, -0.2) is 64.3 Å². The Morgan fingerprint density at radius 1 is 1.09 bits per heavy atom. The molecule has 0 radical (unpaired) electrons. The van der Waals surface area contributed by atoms with E-state index < -0.39 is 46.2 Å². The van der Waals surface area contributed by atoms with Crippen LogP contribution in [0.2, 0.25) is 0 Å². The average Bonchev–Trinajstić information content (AvgIpc) is 3.78. The molecule has 2 aromatic carbocycles. The summed E-state index contributed by atoms with van der Waals surface area (Å²) in [4.78, 5) is 17.5. The highest BCUT2D eigenvalue weighted by molar-refractivity contribution is 7.23. The number of thiophene rings is 1. The van der Waals surface area contributed by atoms with Gasteiger partial charge in [0.1, 0.15) is 58.6 Å². The van der Waals surface area contributed by atoms with Crippen LogP contribution in [0.15, 0.2) is 30.5 Å². The maximum Gasteiger partial charge on any atom is 0.420 e. The first-order chi connectivity index (χ1) is 25.8. The highest BCUT2D eigenvalue weighted by Gasteiger charge is 2.46. The van der Waals surface area contributed by atoms with Gasteiger partial charge >= 0.3 is 12.2 Å². The van der Waals surface area contributed by atoms with Crippen molar-refractivity contribution in [1.29, 1.82) is 5.26 Å². The van der Waals surface area contributed by atoms with E-state index in [1.54, 1.807) is 37.8 Å². The van der Waals surface area contributed by atoms with Gasteiger partial charge in [-0.3, -0.25) is 4.90 Å². The number of pyridine rings is 1. The van der Waals surface area contributed by atoms with Crippen molar-refractivity contribution in [2.45, 2.75) is 70.3 Å². The summed E-state index contributed by atoms with van der Waals surface area (Å²) < 4.78 is 91.9. The van der Waals surface area contributed by atoms with Gasteiger partial charge in [0.25, 0.3) is 0 Å². The number of nitrogens with one attached hydrogen (secondary N) is 1. The van der Waals surface area contributed by atoms with Crippen LogP contribution in [0.5, 0.6) is 11.8 Å². The molecule has 0 amide bonds. The van der Waals surface area contributed by atoms with Crippen molar-refractivity contribution in [2.24, 2.45) is 0 Å². The minimum absolute atomic E-state index is 0.0256. The summed E-state index contributed by atoms with van der Waals surface area (Å²) in [5, 5.41) is 13.2. The Morgan fingerprint density at radius 3 is 2.54 bits per heavy atom. The van der Waals surface area contributed by atoms with E-state index in [-0.39, 0.29) is 80.6 Å². The Labute approximate surface area is 311 Å². The molecule has 8 rings (SSSR count). The number of fused-ring (bicyclic) bond motifs is 2. The molecule has 3 aliphatic rings. The molecule has 3 N–H and O–H groups in total. The fraction of sp³-hybridized carbons (Fsp3) is 0.421. The minimum Gasteiger partial charge on any atom is -0.490 e. The van der Waals surface area contributed by atoms with Crippen molar-refractivity contribution in [3.05, 3.63) is 58.8 Å². The number of hydrogen-bond donors (Lipinski definition) is 2. The third-order valence-electron chi connectivity index (χ3n) is 10.8. The van der Waals surface area contributed by atoms with E-state index in [1.165, 1.54) is 6.20 Å². The topological polar surface area (TPSA) is 125 Å². The van der Waals surface area contributed by atoms with Gasteiger partial charge in [-0.2, -0.15) is 28.4 Å². The molecule has 5 aromatic rings. The summed E-state index contributed by atoms with van der Waals surface area (Å²) in [6.45, 7) is 7.27. The molecule has 3 aliphatic heterocycles. The monoisotopic (exact) mass is 764 g/mol. The number of benzene rings is 2. The second kappa shape index (κ2) is 13.4. The quantitative estimate of drug-likeness (QED) is 0.149. The molecular formula is C38H37F5N8O2S. The molecule has 282 valence electrons. The van der Waals surface area contributed by atoms with Crippen LogP contribution in [0.3, 0.4) is 0 Å². The molecular weight excluding hydrogens is 728 g/mol. The number of hydrogen-bond acceptors (Lipinski definition) is 11. The average molecular weight is 765 g/mol. The number of rotatable bonds is 8. The van der Waals surface area contributed by atoms with Crippen LogP contribution in [0.4, 0.5) is 38.6 Å². The molecule has 10 nitrogen and oxygen atoms in total. The van der Waals surface area contributed by atoms with Crippen LogP contribution < -0.4 is 25.4 Å². The fourth-order valence-corrected chi connectivity index (χ4v) is 9.62. The van der Waals surface area contributed by atoms with E-state index in [0.29, 0.717) is 5.56 Å². The van der Waals surface area contributed by atoms with Crippen LogP contribution in [0.1, 0.15) is 69.2 Å². The molecule has 16 heteroatoms. The van der Waals surface area contributed by atoms with Gasteiger partial charge in [0.2, 0.25) is 0 Å². The first kappa shape index (κ1) is 36.0. The lowest BCUT2D eigenvalue weighted by Gasteiger charge is -2.32. The third-order valence-corrected chi connectivity index (χ3v) is 11.9. The van der Waals surface area contributed by atoms with E-state index >= 15 is 22.0 Å². The van der Waals surface area contributed by atoms with Gasteiger partial charge in [-0.1, -0.05) is 12.1 Å². The normalized spacial score (nSPS) is 17.4. The molecule has 0 saturated carbocycles. The molecule has 3 aromatic heterocycles. The van der Waals surface area contributed by atoms with Crippen molar-refractivity contribution < 1.29 is 31.4 Å². The number of anilines is 3. The summed E-state index contributed by atoms with van der Waals surface area (Å²) in [6, 6.07) is 6.52. The summed E-state index contributed by atoms with van der Waals surface area (Å²) >= 11 is 0.877. The highest BCUT2D eigenvalue weighted by atomic mass is 32.1. The van der Waals surface area contributed by atoms with Crippen molar-refractivity contribution >= 4 is 49.0 Å². The van der Waals surface area contributed by atoms with Crippen molar-refractivity contribution in [1.82, 2.24) is 19.9 Å². The zero-order chi connectivity index (χ0) is 38.1. The number of ether oxygens (including phenoxy) is 2. The number of nitriles is 1. The summed E-state index contributed by atoms with van der Waals surface area (Å²) in [5.41, 5.74) is 3.37. The molecule has 2 saturated heterocycles. The first-order valence-corrected chi connectivity index (χ1v) is 18.7. The second-order valence-electron chi connectivity index (χ2n) is 14.4. The number of halogens is 5. The lowest BCUT2D eigenvalue weighted by molar-refractivity contribution is -0.138. The number of nitrogens with two attached hydrogens (primary N) is 1. The fourth-order valence-electron chi connectivity index (χ4n) is 8.39. The van der Waals surface area contributed by atoms with Gasteiger partial charge in [0.15, 0.2) is 5.82 Å². The number of nitrogens with zero attached hydrogens (tertiary/aromatic N) is 6. The Morgan fingerprint density at radius 2 is 1.85 bits per heavy atom. The second-order valence-corrected chi connectivity index (χ2v) is 15.4. The molecule has 1 unspecified atom stereocenters. The molecule has 0 aliphatic carbocycles. The zero-order valence-electron chi connectivity index (χ0n) is 29.8. The maximum atomic E-state index is 17.6. The lowest BCUT2D eigenvalue weighted by atomic mass is 9.91. The Balaban J connectivity index is 1.42. The SMILES string of the molecule is CC(C)Nc1sc2c(F)ccc(-c3c(C(F)(F)F)c4c5c(nc(OCC67CCCN6CCC7)nc5c3F)N(C(C)c3cccnc3N)CCO4)c2c1C#N. The van der Waals surface area contributed by atoms with E-state index in [1.807, 2.05) is 6.07 Å². The molecule has 54 heavy (non-hydrogen) atoms. The Kier molecular flexibility index (Phi) is 8.92. The van der Waals surface area contributed by atoms with E-state index in [9.17, 15) is 5.26 Å². The highest BCUT2D eigenvalue weighted by Crippen LogP contribution is 2.54. The lowest BCUT2D eigenvalue weighted by Crippen LogP contribution is -2.43. The largest absolute Gasteiger partial charge is 0.490 e. The minimum atomic E-state index is -5.18. The van der Waals surface area contributed by atoms with Crippen molar-refractivity contribution in [3.63, 3.8) is 0 Å². The summed E-state index contributed by atoms with van der Waals surface area (Å²) in [5.74, 6) is -2.58. The number of nitrogen functional groups attached to an aromatic ring is 1. The number of aromatic nitrogens is 3. The van der Waals surface area contributed by atoms with Gasteiger partial charge in [-0.15, -0.1) is 11.3 Å². The van der Waals surface area contributed by atoms with Crippen molar-refractivity contribution in [2.75, 3.05) is 48.8 Å². The standard InChI is InChI=1S/C38H37F5N8O2S/c1-19(2)47-35-23(17-44)25-22(8-9-24(39)32(25)54-35)26-28(38(41,42)43)31-27-30(29(26)40)48-36(53-18-37-10-5-13-50(37)14-6-11-37)49-34(27)51(15-16-52-31)20(3)21-7-4-12-46-33(21)45/h4,7-9,12,19-20,47H,5-6,10-11,13-16,18H2,1-3H3,(H2,45,46). The Hall–Kier alpha value is -5.01. The maximum absolute atomic E-state index is 17.6. The summed E-state index contributed by atoms with van der Waals surface area (Å²) in [6.07, 6.45) is 0.144. The van der Waals surface area contributed by atoms with E-state index in [0.717, 1.165) is 62.2 Å². The van der Waals surface area contributed by atoms with Gasteiger partial charge in [-0.25, -0.2) is 13.8 Å². The predicted octanol–water partition coefficient (Wildman–Crippen LogP) is 8.44. The van der Waals surface area contributed by atoms with Crippen LogP contribution in [0, 0.1) is 23.0 Å². The predicted molar refractivity (Wildman–Crippen MR) is 197 cm³/mol. The number of alkyl halides is 3. The van der Waals surface area contributed by atoms with Crippen LogP contribution in [-0.2, 0) is 6.18 Å². The first-order valence-electron chi connectivity index (χ1n) is 17.9. The molecule has 6 heterocycles. The van der Waals surface area contributed by atoms with Crippen LogP contribution >= 0.6 is 11.3 Å². The zero-order valence-corrected chi connectivity index (χ0v) is 30.6.